The number of aliphatic hydroxyl groups is 3. The first-order valence-electron chi connectivity index (χ1n) is 9.94. The summed E-state index contributed by atoms with van der Waals surface area (Å²) in [4.78, 5) is 63.9. The Bertz CT molecular complexity index is 557. The molecule has 0 rings (SSSR count). The molecule has 219 valence electrons. The third kappa shape index (κ3) is 35.3. The Morgan fingerprint density at radius 1 is 0.459 bits per heavy atom. The molecule has 18 nitrogen and oxygen atoms in total. The SMILES string of the molecule is O=C(O)CN(CCO)CC(=O)O.O=C(O)CN(CCO)CC(=O)O.O=C([O-])CN(CCO)CC(=O)[O-].[Cu+2]. The van der Waals surface area contributed by atoms with Gasteiger partial charge in [0.15, 0.2) is 0 Å². The van der Waals surface area contributed by atoms with Gasteiger partial charge in [-0.25, -0.2) is 0 Å². The second-order valence-electron chi connectivity index (χ2n) is 6.62. The predicted molar refractivity (Wildman–Crippen MR) is 111 cm³/mol. The van der Waals surface area contributed by atoms with Gasteiger partial charge >= 0.3 is 40.9 Å². The van der Waals surface area contributed by atoms with Crippen LogP contribution in [-0.4, -0.2) is 165 Å². The van der Waals surface area contributed by atoms with Gasteiger partial charge in [0.25, 0.3) is 0 Å². The average molecular weight is 593 g/mol. The smallest absolute Gasteiger partial charge is 0.549 e. The van der Waals surface area contributed by atoms with Crippen LogP contribution in [0.3, 0.4) is 0 Å². The largest absolute Gasteiger partial charge is 2.00 e. The first-order chi connectivity index (χ1) is 16.7. The van der Waals surface area contributed by atoms with Crippen LogP contribution >= 0.6 is 0 Å². The third-order valence-corrected chi connectivity index (χ3v) is 3.39. The number of nitrogens with zero attached hydrogens (tertiary/aromatic N) is 3. The normalized spacial score (nSPS) is 9.89. The van der Waals surface area contributed by atoms with Gasteiger partial charge in [-0.15, -0.1) is 0 Å². The fraction of sp³-hybridized carbons (Fsp3) is 0.667. The van der Waals surface area contributed by atoms with Crippen LogP contribution in [-0.2, 0) is 45.8 Å². The molecule has 0 unspecified atom stereocenters. The number of aliphatic hydroxyl groups excluding tert-OH is 3. The fourth-order valence-corrected chi connectivity index (χ4v) is 2.20. The second kappa shape index (κ2) is 26.2. The number of hydrogen-bond donors (Lipinski definition) is 7. The molecule has 0 heterocycles. The van der Waals surface area contributed by atoms with E-state index < -0.39 is 48.9 Å². The van der Waals surface area contributed by atoms with Crippen molar-refractivity contribution in [3.8, 4) is 0 Å². The number of hydrogen-bond acceptors (Lipinski definition) is 14. The Labute approximate surface area is 221 Å². The van der Waals surface area contributed by atoms with Gasteiger partial charge in [0.2, 0.25) is 0 Å². The summed E-state index contributed by atoms with van der Waals surface area (Å²) < 4.78 is 0. The zero-order valence-corrected chi connectivity index (χ0v) is 20.5. The molecule has 0 aliphatic rings. The summed E-state index contributed by atoms with van der Waals surface area (Å²) in [6.45, 7) is -3.23. The van der Waals surface area contributed by atoms with E-state index in [0.717, 1.165) is 14.7 Å². The number of carbonyl (C=O) groups is 6. The Morgan fingerprint density at radius 2 is 0.649 bits per heavy atom. The van der Waals surface area contributed by atoms with E-state index >= 15 is 0 Å². The van der Waals surface area contributed by atoms with E-state index in [9.17, 15) is 39.0 Å². The van der Waals surface area contributed by atoms with Crippen molar-refractivity contribution in [3.05, 3.63) is 0 Å². The van der Waals surface area contributed by atoms with Crippen molar-refractivity contribution in [1.82, 2.24) is 14.7 Å². The van der Waals surface area contributed by atoms with E-state index in [1.807, 2.05) is 0 Å². The summed E-state index contributed by atoms with van der Waals surface area (Å²) in [5, 5.41) is 78.5. The average Bonchev–Trinajstić information content (AvgIpc) is 2.66. The number of carboxylic acids is 6. The van der Waals surface area contributed by atoms with Crippen LogP contribution in [0.5, 0.6) is 0 Å². The van der Waals surface area contributed by atoms with Crippen LogP contribution in [0, 0.1) is 0 Å². The maximum atomic E-state index is 10.1. The van der Waals surface area contributed by atoms with Gasteiger partial charge in [-0.2, -0.15) is 0 Å². The molecular formula is C18H31CuN3O15. The molecule has 0 amide bonds. The quantitative estimate of drug-likeness (QED) is 0.0726. The number of carboxylic acid groups (broad SMARTS) is 6. The van der Waals surface area contributed by atoms with Crippen molar-refractivity contribution >= 4 is 35.8 Å². The van der Waals surface area contributed by atoms with Gasteiger partial charge in [-0.1, -0.05) is 0 Å². The zero-order valence-electron chi connectivity index (χ0n) is 19.5. The second-order valence-corrected chi connectivity index (χ2v) is 6.62. The minimum atomic E-state index is -1.38. The first kappa shape index (κ1) is 41.2. The summed E-state index contributed by atoms with van der Waals surface area (Å²) in [5.41, 5.74) is 0. The van der Waals surface area contributed by atoms with Crippen LogP contribution in [0.25, 0.3) is 0 Å². The Morgan fingerprint density at radius 3 is 0.784 bits per heavy atom. The molecular weight excluding hydrogens is 562 g/mol. The maximum absolute atomic E-state index is 10.1. The Balaban J connectivity index is -0.000000218. The molecule has 37 heavy (non-hydrogen) atoms. The van der Waals surface area contributed by atoms with Crippen molar-refractivity contribution in [2.45, 2.75) is 0 Å². The minimum Gasteiger partial charge on any atom is -0.549 e. The van der Waals surface area contributed by atoms with Crippen molar-refractivity contribution in [3.63, 3.8) is 0 Å². The molecule has 19 heteroatoms. The summed E-state index contributed by atoms with van der Waals surface area (Å²) in [5.74, 6) is -7.20. The fourth-order valence-electron chi connectivity index (χ4n) is 2.20. The number of rotatable bonds is 18. The Kier molecular flexibility index (Phi) is 29.2. The molecule has 0 bridgehead atoms. The molecule has 1 radical (unpaired) electrons. The maximum Gasteiger partial charge on any atom is 2.00 e. The van der Waals surface area contributed by atoms with E-state index in [-0.39, 0.29) is 82.7 Å². The van der Waals surface area contributed by atoms with Crippen molar-refractivity contribution in [1.29, 1.82) is 0 Å². The van der Waals surface area contributed by atoms with E-state index in [1.165, 1.54) is 0 Å². The van der Waals surface area contributed by atoms with Crippen molar-refractivity contribution < 1.29 is 91.8 Å². The molecule has 0 atom stereocenters. The molecule has 0 saturated heterocycles. The van der Waals surface area contributed by atoms with Crippen LogP contribution in [0.15, 0.2) is 0 Å². The molecule has 0 aromatic rings. The van der Waals surface area contributed by atoms with Gasteiger partial charge in [0.1, 0.15) is 0 Å². The van der Waals surface area contributed by atoms with Crippen molar-refractivity contribution in [2.75, 3.05) is 78.7 Å². The first-order valence-corrected chi connectivity index (χ1v) is 9.94. The predicted octanol–water partition coefficient (Wildman–Crippen LogP) is -7.32. The van der Waals surface area contributed by atoms with E-state index in [2.05, 4.69) is 0 Å². The van der Waals surface area contributed by atoms with Gasteiger partial charge in [0.05, 0.1) is 57.9 Å². The summed E-state index contributed by atoms with van der Waals surface area (Å²) in [6.07, 6.45) is 0. The third-order valence-electron chi connectivity index (χ3n) is 3.39. The molecule has 0 aromatic carbocycles. The molecule has 0 aliphatic carbocycles. The molecule has 0 aliphatic heterocycles. The number of carbonyl (C=O) groups excluding carboxylic acids is 2. The standard InChI is InChI=1S/3C6H11NO5.Cu/c3*8-2-1-7(3-5(9)10)4-6(11)12;/h3*8H,1-4H2,(H,9,10)(H,11,12);/q;;;+2/p-2. The summed E-state index contributed by atoms with van der Waals surface area (Å²) >= 11 is 0. The Hall–Kier alpha value is -2.90. The molecule has 7 N–H and O–H groups in total. The molecule has 0 spiro atoms. The van der Waals surface area contributed by atoms with E-state index in [4.69, 9.17) is 35.7 Å². The van der Waals surface area contributed by atoms with Crippen molar-refractivity contribution in [2.24, 2.45) is 0 Å². The summed E-state index contributed by atoms with van der Waals surface area (Å²) in [6, 6.07) is 0. The number of aliphatic carboxylic acids is 6. The minimum absolute atomic E-state index is 0. The van der Waals surface area contributed by atoms with E-state index in [1.54, 1.807) is 0 Å². The monoisotopic (exact) mass is 592 g/mol. The van der Waals surface area contributed by atoms with Crippen LogP contribution in [0.2, 0.25) is 0 Å². The van der Waals surface area contributed by atoms with Gasteiger partial charge in [-0.3, -0.25) is 33.9 Å². The zero-order chi connectivity index (χ0) is 28.7. The molecule has 0 aromatic heterocycles. The van der Waals surface area contributed by atoms with E-state index in [0.29, 0.717) is 0 Å². The summed E-state index contributed by atoms with van der Waals surface area (Å²) in [7, 11) is 0. The van der Waals surface area contributed by atoms with Gasteiger partial charge in [0, 0.05) is 32.7 Å². The van der Waals surface area contributed by atoms with Gasteiger partial charge in [-0.05, 0) is 0 Å². The molecule has 0 fully saturated rings. The van der Waals surface area contributed by atoms with Crippen LogP contribution < -0.4 is 10.2 Å². The topological polar surface area (TPSA) is 300 Å². The van der Waals surface area contributed by atoms with Crippen LogP contribution in [0.4, 0.5) is 0 Å². The van der Waals surface area contributed by atoms with Crippen LogP contribution in [0.1, 0.15) is 0 Å². The van der Waals surface area contributed by atoms with Gasteiger partial charge < -0.3 is 55.5 Å². The molecule has 0 saturated carbocycles.